The van der Waals surface area contributed by atoms with E-state index in [2.05, 4.69) is 4.98 Å². The number of halogens is 1. The van der Waals surface area contributed by atoms with E-state index in [0.717, 1.165) is 22.9 Å². The second-order valence-corrected chi connectivity index (χ2v) is 4.18. The summed E-state index contributed by atoms with van der Waals surface area (Å²) in [4.78, 5) is 4.27. The molecule has 16 heavy (non-hydrogen) atoms. The van der Waals surface area contributed by atoms with E-state index < -0.39 is 6.10 Å². The molecule has 1 aromatic carbocycles. The molecule has 2 rings (SSSR count). The first-order valence-electron chi connectivity index (χ1n) is 5.40. The van der Waals surface area contributed by atoms with Crippen LogP contribution in [0.4, 0.5) is 0 Å². The summed E-state index contributed by atoms with van der Waals surface area (Å²) < 4.78 is 0. The number of fused-ring (bicyclic) bond motifs is 1. The highest BCUT2D eigenvalue weighted by molar-refractivity contribution is 6.17. The van der Waals surface area contributed by atoms with E-state index in [1.807, 2.05) is 30.3 Å². The number of pyridine rings is 1. The fraction of sp³-hybridized carbons (Fsp3) is 0.308. The minimum Gasteiger partial charge on any atom is -0.388 e. The van der Waals surface area contributed by atoms with Crippen LogP contribution in [0.5, 0.6) is 0 Å². The molecule has 0 aliphatic rings. The van der Waals surface area contributed by atoms with Gasteiger partial charge in [0, 0.05) is 17.5 Å². The number of aliphatic hydroxyl groups is 1. The number of hydrogen-bond donors (Lipinski definition) is 1. The summed E-state index contributed by atoms with van der Waals surface area (Å²) in [5, 5.41) is 11.0. The van der Waals surface area contributed by atoms with Gasteiger partial charge < -0.3 is 5.11 Å². The normalized spacial score (nSPS) is 12.9. The number of hydrogen-bond acceptors (Lipinski definition) is 2. The molecule has 1 N–H and O–H groups in total. The molecule has 2 nitrogen and oxygen atoms in total. The highest BCUT2D eigenvalue weighted by Gasteiger charge is 2.07. The monoisotopic (exact) mass is 235 g/mol. The molecule has 0 saturated heterocycles. The first-order valence-corrected chi connectivity index (χ1v) is 5.93. The van der Waals surface area contributed by atoms with Crippen molar-refractivity contribution in [2.45, 2.75) is 18.9 Å². The quantitative estimate of drug-likeness (QED) is 0.825. The van der Waals surface area contributed by atoms with Gasteiger partial charge in [0.2, 0.25) is 0 Å². The van der Waals surface area contributed by atoms with Crippen LogP contribution in [0.15, 0.2) is 36.5 Å². The molecule has 2 aromatic rings. The summed E-state index contributed by atoms with van der Waals surface area (Å²) in [5.41, 5.74) is 1.83. The van der Waals surface area contributed by atoms with Crippen LogP contribution in [0.2, 0.25) is 0 Å². The van der Waals surface area contributed by atoms with E-state index in [1.165, 1.54) is 0 Å². The average Bonchev–Trinajstić information content (AvgIpc) is 2.35. The summed E-state index contributed by atoms with van der Waals surface area (Å²) in [5.74, 6) is 0.586. The molecule has 0 aliphatic carbocycles. The Morgan fingerprint density at radius 1 is 1.31 bits per heavy atom. The molecule has 84 valence electrons. The third kappa shape index (κ3) is 2.52. The number of aromatic nitrogens is 1. The lowest BCUT2D eigenvalue weighted by atomic mass is 10.0. The zero-order valence-electron chi connectivity index (χ0n) is 8.94. The van der Waals surface area contributed by atoms with Gasteiger partial charge in [0.25, 0.3) is 0 Å². The van der Waals surface area contributed by atoms with E-state index in [-0.39, 0.29) is 0 Å². The van der Waals surface area contributed by atoms with Crippen molar-refractivity contribution in [2.75, 3.05) is 5.88 Å². The molecule has 0 saturated carbocycles. The molecule has 0 bridgehead atoms. The molecular formula is C13H14ClNO. The second kappa shape index (κ2) is 5.28. The Morgan fingerprint density at radius 2 is 2.19 bits per heavy atom. The third-order valence-electron chi connectivity index (χ3n) is 2.63. The van der Waals surface area contributed by atoms with Crippen LogP contribution in [0.1, 0.15) is 24.5 Å². The van der Waals surface area contributed by atoms with Crippen molar-refractivity contribution in [3.05, 3.63) is 42.1 Å². The van der Waals surface area contributed by atoms with Crippen molar-refractivity contribution in [3.63, 3.8) is 0 Å². The van der Waals surface area contributed by atoms with Gasteiger partial charge in [0.15, 0.2) is 0 Å². The lowest BCUT2D eigenvalue weighted by Gasteiger charge is -2.10. The average molecular weight is 236 g/mol. The highest BCUT2D eigenvalue weighted by atomic mass is 35.5. The smallest absolute Gasteiger partial charge is 0.0791 e. The van der Waals surface area contributed by atoms with Gasteiger partial charge in [-0.2, -0.15) is 0 Å². The summed E-state index contributed by atoms with van der Waals surface area (Å²) in [7, 11) is 0. The summed E-state index contributed by atoms with van der Waals surface area (Å²) >= 11 is 5.60. The van der Waals surface area contributed by atoms with E-state index in [4.69, 9.17) is 11.6 Å². The van der Waals surface area contributed by atoms with Crippen LogP contribution in [-0.4, -0.2) is 16.0 Å². The molecular weight excluding hydrogens is 222 g/mol. The van der Waals surface area contributed by atoms with Crippen molar-refractivity contribution in [2.24, 2.45) is 0 Å². The van der Waals surface area contributed by atoms with Crippen LogP contribution >= 0.6 is 11.6 Å². The van der Waals surface area contributed by atoms with Crippen LogP contribution in [0, 0.1) is 0 Å². The Bertz CT molecular complexity index is 472. The maximum Gasteiger partial charge on any atom is 0.0791 e. The number of aliphatic hydroxyl groups excluding tert-OH is 1. The lowest BCUT2D eigenvalue weighted by molar-refractivity contribution is 0.167. The van der Waals surface area contributed by atoms with Crippen molar-refractivity contribution >= 4 is 22.5 Å². The number of rotatable bonds is 4. The van der Waals surface area contributed by atoms with Crippen LogP contribution in [0.25, 0.3) is 10.9 Å². The highest BCUT2D eigenvalue weighted by Crippen LogP contribution is 2.22. The van der Waals surface area contributed by atoms with Crippen molar-refractivity contribution in [1.29, 1.82) is 0 Å². The topological polar surface area (TPSA) is 33.1 Å². The Kier molecular flexibility index (Phi) is 3.75. The van der Waals surface area contributed by atoms with E-state index in [0.29, 0.717) is 12.3 Å². The minimum absolute atomic E-state index is 0.440. The minimum atomic E-state index is -0.440. The lowest BCUT2D eigenvalue weighted by Crippen LogP contribution is -1.98. The van der Waals surface area contributed by atoms with Crippen LogP contribution in [-0.2, 0) is 0 Å². The zero-order valence-corrected chi connectivity index (χ0v) is 9.69. The molecule has 0 aliphatic heterocycles. The van der Waals surface area contributed by atoms with Crippen molar-refractivity contribution < 1.29 is 5.11 Å². The van der Waals surface area contributed by atoms with Crippen LogP contribution < -0.4 is 0 Å². The Labute approximate surface area is 99.9 Å². The summed E-state index contributed by atoms with van der Waals surface area (Å²) in [6.45, 7) is 0. The van der Waals surface area contributed by atoms with Gasteiger partial charge in [-0.25, -0.2) is 0 Å². The molecule has 1 atom stereocenters. The summed E-state index contributed by atoms with van der Waals surface area (Å²) in [6.07, 6.45) is 2.84. The molecule has 0 fully saturated rings. The van der Waals surface area contributed by atoms with Gasteiger partial charge in [-0.1, -0.05) is 18.2 Å². The van der Waals surface area contributed by atoms with Gasteiger partial charge in [0.1, 0.15) is 0 Å². The van der Waals surface area contributed by atoms with Gasteiger partial charge in [-0.3, -0.25) is 4.98 Å². The summed E-state index contributed by atoms with van der Waals surface area (Å²) in [6, 6.07) is 9.79. The Balaban J connectivity index is 2.25. The Hall–Kier alpha value is -1.12. The second-order valence-electron chi connectivity index (χ2n) is 3.80. The van der Waals surface area contributed by atoms with E-state index in [9.17, 15) is 5.11 Å². The van der Waals surface area contributed by atoms with Crippen LogP contribution in [0.3, 0.4) is 0 Å². The molecule has 0 spiro atoms. The number of nitrogens with zero attached hydrogens (tertiary/aromatic N) is 1. The van der Waals surface area contributed by atoms with E-state index >= 15 is 0 Å². The molecule has 3 heteroatoms. The maximum atomic E-state index is 9.92. The fourth-order valence-corrected chi connectivity index (χ4v) is 1.88. The van der Waals surface area contributed by atoms with Crippen molar-refractivity contribution in [1.82, 2.24) is 4.98 Å². The molecule has 1 aromatic heterocycles. The maximum absolute atomic E-state index is 9.92. The predicted octanol–water partition coefficient (Wildman–Crippen LogP) is 3.29. The van der Waals surface area contributed by atoms with Gasteiger partial charge in [-0.15, -0.1) is 11.6 Å². The molecule has 1 heterocycles. The number of benzene rings is 1. The molecule has 0 amide bonds. The Morgan fingerprint density at radius 3 is 3.00 bits per heavy atom. The number of alkyl halides is 1. The van der Waals surface area contributed by atoms with Crippen molar-refractivity contribution in [3.8, 4) is 0 Å². The standard InChI is InChI=1S/C13H14ClNO/c14-7-1-4-13(16)11-6-5-10-3-2-8-15-12(10)9-11/h2-3,5-6,8-9,13,16H,1,4,7H2. The third-order valence-corrected chi connectivity index (χ3v) is 2.89. The zero-order chi connectivity index (χ0) is 11.4. The van der Waals surface area contributed by atoms with Gasteiger partial charge in [-0.05, 0) is 30.5 Å². The first-order chi connectivity index (χ1) is 7.81. The fourth-order valence-electron chi connectivity index (χ4n) is 1.73. The first kappa shape index (κ1) is 11.4. The van der Waals surface area contributed by atoms with Gasteiger partial charge in [0.05, 0.1) is 11.6 Å². The van der Waals surface area contributed by atoms with E-state index in [1.54, 1.807) is 6.20 Å². The molecule has 1 unspecified atom stereocenters. The van der Waals surface area contributed by atoms with Gasteiger partial charge >= 0.3 is 0 Å². The SMILES string of the molecule is OC(CCCCl)c1ccc2cccnc2c1. The predicted molar refractivity (Wildman–Crippen MR) is 66.7 cm³/mol. The largest absolute Gasteiger partial charge is 0.388 e. The molecule has 0 radical (unpaired) electrons.